The lowest BCUT2D eigenvalue weighted by molar-refractivity contribution is -0.130. The predicted molar refractivity (Wildman–Crippen MR) is 118 cm³/mol. The monoisotopic (exact) mass is 416 g/mol. The summed E-state index contributed by atoms with van der Waals surface area (Å²) in [5.74, 6) is 1.43. The number of aromatic nitrogens is 4. The summed E-state index contributed by atoms with van der Waals surface area (Å²) in [5.41, 5.74) is 4.06. The van der Waals surface area contributed by atoms with Gasteiger partial charge < -0.3 is 14.6 Å². The van der Waals surface area contributed by atoms with Gasteiger partial charge in [0, 0.05) is 80.9 Å². The number of nitrogens with zero attached hydrogens (tertiary/aromatic N) is 4. The minimum Gasteiger partial charge on any atom is -0.439 e. The maximum atomic E-state index is 11.5. The molecule has 8 heteroatoms. The Bertz CT molecular complexity index is 1170. The van der Waals surface area contributed by atoms with Gasteiger partial charge in [0.1, 0.15) is 5.75 Å². The Balaban J connectivity index is 1.25. The summed E-state index contributed by atoms with van der Waals surface area (Å²) in [6.45, 7) is 5.84. The number of H-pyrrole nitrogens is 2. The molecule has 0 radical (unpaired) electrons. The number of aromatic amines is 2. The van der Waals surface area contributed by atoms with Crippen molar-refractivity contribution >= 4 is 16.8 Å². The van der Waals surface area contributed by atoms with Crippen LogP contribution in [0.4, 0.5) is 0 Å². The van der Waals surface area contributed by atoms with Crippen LogP contribution in [0.25, 0.3) is 22.2 Å². The molecule has 4 heterocycles. The minimum atomic E-state index is 0.156. The van der Waals surface area contributed by atoms with Crippen molar-refractivity contribution in [3.8, 4) is 22.9 Å². The largest absolute Gasteiger partial charge is 0.439 e. The van der Waals surface area contributed by atoms with Gasteiger partial charge >= 0.3 is 0 Å². The second-order valence-corrected chi connectivity index (χ2v) is 7.78. The van der Waals surface area contributed by atoms with Crippen LogP contribution >= 0.6 is 0 Å². The number of fused-ring (bicyclic) bond motifs is 1. The van der Waals surface area contributed by atoms with Crippen molar-refractivity contribution in [3.05, 3.63) is 60.6 Å². The van der Waals surface area contributed by atoms with Gasteiger partial charge in [-0.15, -0.1) is 0 Å². The fraction of sp³-hybridized carbons (Fsp3) is 0.261. The Hall–Kier alpha value is -3.65. The van der Waals surface area contributed by atoms with E-state index in [9.17, 15) is 4.79 Å². The van der Waals surface area contributed by atoms with Crippen LogP contribution in [-0.4, -0.2) is 62.1 Å². The molecule has 8 nitrogen and oxygen atoms in total. The normalized spacial score (nSPS) is 14.8. The van der Waals surface area contributed by atoms with Crippen LogP contribution in [0, 0.1) is 0 Å². The minimum absolute atomic E-state index is 0.156. The lowest BCUT2D eigenvalue weighted by atomic mass is 10.2. The number of nitrogens with one attached hydrogen (secondary N) is 2. The molecule has 1 saturated heterocycles. The molecule has 0 spiro atoms. The molecule has 1 amide bonds. The molecule has 0 bridgehead atoms. The van der Waals surface area contributed by atoms with E-state index < -0.39 is 0 Å². The van der Waals surface area contributed by atoms with Gasteiger partial charge in [-0.2, -0.15) is 5.10 Å². The van der Waals surface area contributed by atoms with E-state index in [1.807, 2.05) is 35.2 Å². The van der Waals surface area contributed by atoms with Crippen LogP contribution in [0.1, 0.15) is 12.6 Å². The topological polar surface area (TPSA) is 90.1 Å². The van der Waals surface area contributed by atoms with Crippen molar-refractivity contribution in [1.29, 1.82) is 0 Å². The van der Waals surface area contributed by atoms with Crippen molar-refractivity contribution in [2.24, 2.45) is 0 Å². The molecule has 158 valence electrons. The first-order valence-electron chi connectivity index (χ1n) is 10.4. The van der Waals surface area contributed by atoms with E-state index in [0.717, 1.165) is 66.3 Å². The van der Waals surface area contributed by atoms with E-state index in [1.165, 1.54) is 0 Å². The highest BCUT2D eigenvalue weighted by Gasteiger charge is 2.19. The second-order valence-electron chi connectivity index (χ2n) is 7.78. The highest BCUT2D eigenvalue weighted by molar-refractivity contribution is 5.82. The van der Waals surface area contributed by atoms with Crippen LogP contribution in [0.5, 0.6) is 11.6 Å². The molecule has 0 aliphatic carbocycles. The maximum absolute atomic E-state index is 11.5. The summed E-state index contributed by atoms with van der Waals surface area (Å²) in [6.07, 6.45) is 3.48. The lowest BCUT2D eigenvalue weighted by Gasteiger charge is -2.33. The third-order valence-corrected chi connectivity index (χ3v) is 5.63. The van der Waals surface area contributed by atoms with E-state index in [1.54, 1.807) is 19.3 Å². The van der Waals surface area contributed by atoms with Crippen LogP contribution in [0.3, 0.4) is 0 Å². The van der Waals surface area contributed by atoms with Crippen LogP contribution < -0.4 is 4.74 Å². The number of amides is 1. The maximum Gasteiger partial charge on any atom is 0.219 e. The van der Waals surface area contributed by atoms with Crippen molar-refractivity contribution in [2.45, 2.75) is 13.5 Å². The first-order chi connectivity index (χ1) is 15.1. The van der Waals surface area contributed by atoms with E-state index in [2.05, 4.69) is 37.2 Å². The van der Waals surface area contributed by atoms with Gasteiger partial charge in [-0.1, -0.05) is 0 Å². The van der Waals surface area contributed by atoms with Crippen molar-refractivity contribution in [2.75, 3.05) is 26.2 Å². The molecule has 3 aromatic heterocycles. The fourth-order valence-electron chi connectivity index (χ4n) is 3.91. The Labute approximate surface area is 179 Å². The zero-order valence-corrected chi connectivity index (χ0v) is 17.3. The zero-order chi connectivity index (χ0) is 21.2. The van der Waals surface area contributed by atoms with Gasteiger partial charge in [0.2, 0.25) is 11.8 Å². The molecule has 4 aromatic rings. The highest BCUT2D eigenvalue weighted by Crippen LogP contribution is 2.26. The number of hydrogen-bond acceptors (Lipinski definition) is 5. The molecule has 1 fully saturated rings. The molecule has 0 saturated carbocycles. The zero-order valence-electron chi connectivity index (χ0n) is 17.3. The summed E-state index contributed by atoms with van der Waals surface area (Å²) in [4.78, 5) is 23.7. The third kappa shape index (κ3) is 4.29. The van der Waals surface area contributed by atoms with Gasteiger partial charge in [-0.05, 0) is 35.7 Å². The standard InChI is InChI=1S/C23H24N6O2/c1-16(30)29-10-8-28(9-11-29)15-19-12-17-2-4-20(13-22(17)26-19)31-23-5-3-18(14-24-23)21-6-7-25-27-21/h2-7,12-14,26H,8-11,15H2,1H3,(H,25,27). The van der Waals surface area contributed by atoms with Gasteiger partial charge in [0.15, 0.2) is 0 Å². The molecular formula is C23H24N6O2. The van der Waals surface area contributed by atoms with Crippen molar-refractivity contribution < 1.29 is 9.53 Å². The average Bonchev–Trinajstić information content (AvgIpc) is 3.44. The number of ether oxygens (including phenoxy) is 1. The number of piperazine rings is 1. The summed E-state index contributed by atoms with van der Waals surface area (Å²) in [6, 6.07) is 13.9. The van der Waals surface area contributed by atoms with Gasteiger partial charge in [-0.25, -0.2) is 4.98 Å². The fourth-order valence-corrected chi connectivity index (χ4v) is 3.91. The van der Waals surface area contributed by atoms with Gasteiger partial charge in [0.25, 0.3) is 0 Å². The Kier molecular flexibility index (Phi) is 5.13. The SMILES string of the molecule is CC(=O)N1CCN(Cc2cc3ccc(Oc4ccc(-c5ccn[nH]5)cn4)cc3[nH]2)CC1. The quantitative estimate of drug-likeness (QED) is 0.520. The summed E-state index contributed by atoms with van der Waals surface area (Å²) < 4.78 is 5.95. The predicted octanol–water partition coefficient (Wildman–Crippen LogP) is 3.41. The summed E-state index contributed by atoms with van der Waals surface area (Å²) >= 11 is 0. The van der Waals surface area contributed by atoms with Crippen LogP contribution in [0.15, 0.2) is 54.9 Å². The third-order valence-electron chi connectivity index (χ3n) is 5.63. The molecule has 31 heavy (non-hydrogen) atoms. The number of carbonyl (C=O) groups is 1. The summed E-state index contributed by atoms with van der Waals surface area (Å²) in [7, 11) is 0. The number of hydrogen-bond donors (Lipinski definition) is 2. The first kappa shape index (κ1) is 19.3. The van der Waals surface area contributed by atoms with Crippen LogP contribution in [-0.2, 0) is 11.3 Å². The summed E-state index contributed by atoms with van der Waals surface area (Å²) in [5, 5.41) is 8.03. The smallest absolute Gasteiger partial charge is 0.219 e. The molecule has 1 aliphatic rings. The van der Waals surface area contributed by atoms with E-state index >= 15 is 0 Å². The molecule has 5 rings (SSSR count). The molecule has 1 aromatic carbocycles. The lowest BCUT2D eigenvalue weighted by Crippen LogP contribution is -2.47. The van der Waals surface area contributed by atoms with Crippen molar-refractivity contribution in [1.82, 2.24) is 30.0 Å². The number of pyridine rings is 1. The Morgan fingerprint density at radius 2 is 1.97 bits per heavy atom. The Morgan fingerprint density at radius 1 is 1.10 bits per heavy atom. The second kappa shape index (κ2) is 8.23. The molecule has 0 atom stereocenters. The first-order valence-corrected chi connectivity index (χ1v) is 10.4. The Morgan fingerprint density at radius 3 is 2.68 bits per heavy atom. The van der Waals surface area contributed by atoms with E-state index in [4.69, 9.17) is 4.74 Å². The molecule has 2 N–H and O–H groups in total. The van der Waals surface area contributed by atoms with Gasteiger partial charge in [-0.3, -0.25) is 14.8 Å². The van der Waals surface area contributed by atoms with Crippen molar-refractivity contribution in [3.63, 3.8) is 0 Å². The van der Waals surface area contributed by atoms with Gasteiger partial charge in [0.05, 0.1) is 5.69 Å². The average molecular weight is 416 g/mol. The molecule has 0 unspecified atom stereocenters. The number of carbonyl (C=O) groups excluding carboxylic acids is 1. The van der Waals surface area contributed by atoms with E-state index in [-0.39, 0.29) is 5.91 Å². The number of rotatable bonds is 5. The molecule has 1 aliphatic heterocycles. The molecular weight excluding hydrogens is 392 g/mol. The highest BCUT2D eigenvalue weighted by atomic mass is 16.5. The number of benzene rings is 1. The van der Waals surface area contributed by atoms with Crippen LogP contribution in [0.2, 0.25) is 0 Å². The van der Waals surface area contributed by atoms with E-state index in [0.29, 0.717) is 5.88 Å².